The largest absolute Gasteiger partial charge is 0.493 e. The SMILES string of the molecule is O=C(O[C@@H]1CC2CC[N+]1(CCCOc1ccccc1)CC2)N(Cc1ccccc1)c1ccccc1. The Morgan fingerprint density at radius 3 is 2.17 bits per heavy atom. The van der Waals surface area contributed by atoms with Crippen LogP contribution >= 0.6 is 0 Å². The van der Waals surface area contributed by atoms with Crippen molar-refractivity contribution in [3.63, 3.8) is 0 Å². The van der Waals surface area contributed by atoms with Gasteiger partial charge in [0, 0.05) is 31.4 Å². The van der Waals surface area contributed by atoms with Gasteiger partial charge in [0.2, 0.25) is 6.23 Å². The highest BCUT2D eigenvalue weighted by atomic mass is 16.6. The van der Waals surface area contributed by atoms with Crippen molar-refractivity contribution in [2.75, 3.05) is 31.1 Å². The first kappa shape index (κ1) is 23.4. The molecule has 1 amide bonds. The standard InChI is InChI=1S/C30H35N2O3/c33-30(31(27-13-6-2-7-14-27)24-26-11-4-1-5-12-26)35-29-23-25-17-20-32(29,21-18-25)19-10-22-34-28-15-8-3-9-16-28/h1-9,11-16,25,29H,10,17-24H2/q+1/t25?,29-,32?/m1/s1. The van der Waals surface area contributed by atoms with Gasteiger partial charge in [-0.2, -0.15) is 0 Å². The number of piperidine rings is 3. The molecule has 3 aromatic carbocycles. The molecule has 182 valence electrons. The molecule has 3 saturated heterocycles. The van der Waals surface area contributed by atoms with E-state index in [1.807, 2.05) is 78.9 Å². The van der Waals surface area contributed by atoms with Gasteiger partial charge in [0.05, 0.1) is 32.8 Å². The smallest absolute Gasteiger partial charge is 0.419 e. The van der Waals surface area contributed by atoms with E-state index in [2.05, 4.69) is 12.1 Å². The van der Waals surface area contributed by atoms with Crippen molar-refractivity contribution in [1.82, 2.24) is 0 Å². The second kappa shape index (κ2) is 11.0. The first-order chi connectivity index (χ1) is 17.2. The highest BCUT2D eigenvalue weighted by molar-refractivity contribution is 5.87. The van der Waals surface area contributed by atoms with Crippen molar-refractivity contribution in [3.05, 3.63) is 96.6 Å². The number of para-hydroxylation sites is 2. The number of ether oxygens (including phenoxy) is 2. The van der Waals surface area contributed by atoms with Gasteiger partial charge < -0.3 is 9.47 Å². The quantitative estimate of drug-likeness (QED) is 0.273. The third kappa shape index (κ3) is 5.68. The number of nitrogens with zero attached hydrogens (tertiary/aromatic N) is 2. The number of quaternary nitrogens is 1. The number of carbonyl (C=O) groups excluding carboxylic acids is 1. The maximum Gasteiger partial charge on any atom is 0.419 e. The average Bonchev–Trinajstić information content (AvgIpc) is 2.92. The number of hydrogen-bond acceptors (Lipinski definition) is 3. The lowest BCUT2D eigenvalue weighted by Crippen LogP contribution is -2.66. The van der Waals surface area contributed by atoms with Crippen LogP contribution < -0.4 is 9.64 Å². The van der Waals surface area contributed by atoms with Gasteiger partial charge in [-0.25, -0.2) is 4.79 Å². The number of amides is 1. The Hall–Kier alpha value is -3.31. The lowest BCUT2D eigenvalue weighted by atomic mass is 9.84. The predicted octanol–water partition coefficient (Wildman–Crippen LogP) is 6.26. The maximum atomic E-state index is 13.6. The van der Waals surface area contributed by atoms with E-state index in [-0.39, 0.29) is 12.3 Å². The van der Waals surface area contributed by atoms with Crippen LogP contribution in [0.4, 0.5) is 10.5 Å². The summed E-state index contributed by atoms with van der Waals surface area (Å²) in [4.78, 5) is 15.4. The van der Waals surface area contributed by atoms with Crippen LogP contribution in [0.3, 0.4) is 0 Å². The zero-order chi connectivity index (χ0) is 23.9. The van der Waals surface area contributed by atoms with Gasteiger partial charge in [0.15, 0.2) is 0 Å². The number of fused-ring (bicyclic) bond motifs is 3. The minimum atomic E-state index is -0.254. The van der Waals surface area contributed by atoms with Crippen molar-refractivity contribution < 1.29 is 18.8 Å². The molecule has 0 radical (unpaired) electrons. The van der Waals surface area contributed by atoms with E-state index in [4.69, 9.17) is 9.47 Å². The molecule has 5 heteroatoms. The van der Waals surface area contributed by atoms with Gasteiger partial charge in [0.1, 0.15) is 5.75 Å². The van der Waals surface area contributed by atoms with E-state index in [0.717, 1.165) is 54.0 Å². The van der Waals surface area contributed by atoms with Gasteiger partial charge in [0.25, 0.3) is 0 Å². The van der Waals surface area contributed by atoms with Gasteiger partial charge >= 0.3 is 6.09 Å². The summed E-state index contributed by atoms with van der Waals surface area (Å²) < 4.78 is 13.2. The zero-order valence-electron chi connectivity index (χ0n) is 20.3. The summed E-state index contributed by atoms with van der Waals surface area (Å²) in [5.41, 5.74) is 1.95. The van der Waals surface area contributed by atoms with Crippen LogP contribution in [-0.2, 0) is 11.3 Å². The molecule has 0 N–H and O–H groups in total. The van der Waals surface area contributed by atoms with E-state index < -0.39 is 0 Å². The summed E-state index contributed by atoms with van der Waals surface area (Å²) in [6.07, 6.45) is 4.00. The topological polar surface area (TPSA) is 38.8 Å². The molecule has 5 nitrogen and oxygen atoms in total. The average molecular weight is 472 g/mol. The van der Waals surface area contributed by atoms with Gasteiger partial charge in [-0.1, -0.05) is 66.7 Å². The van der Waals surface area contributed by atoms with Crippen LogP contribution in [-0.4, -0.2) is 43.0 Å². The molecule has 0 aliphatic carbocycles. The monoisotopic (exact) mass is 471 g/mol. The summed E-state index contributed by atoms with van der Waals surface area (Å²) in [6, 6.07) is 29.9. The third-order valence-electron chi connectivity index (χ3n) is 7.58. The minimum Gasteiger partial charge on any atom is -0.493 e. The normalized spacial score (nSPS) is 23.0. The molecule has 3 fully saturated rings. The number of rotatable bonds is 9. The summed E-state index contributed by atoms with van der Waals surface area (Å²) in [5.74, 6) is 1.57. The molecule has 35 heavy (non-hydrogen) atoms. The molecule has 3 aliphatic heterocycles. The summed E-state index contributed by atoms with van der Waals surface area (Å²) in [5, 5.41) is 0. The van der Waals surface area contributed by atoms with Crippen LogP contribution in [0.15, 0.2) is 91.0 Å². The van der Waals surface area contributed by atoms with Crippen LogP contribution in [0.2, 0.25) is 0 Å². The van der Waals surface area contributed by atoms with E-state index in [1.54, 1.807) is 4.90 Å². The van der Waals surface area contributed by atoms with Crippen molar-refractivity contribution in [2.24, 2.45) is 5.92 Å². The molecule has 0 spiro atoms. The Balaban J connectivity index is 1.27. The molecule has 0 unspecified atom stereocenters. The van der Waals surface area contributed by atoms with Crippen LogP contribution in [0.5, 0.6) is 5.75 Å². The molecule has 3 aliphatic rings. The fourth-order valence-corrected chi connectivity index (χ4v) is 5.60. The zero-order valence-corrected chi connectivity index (χ0v) is 20.3. The molecule has 0 saturated carbocycles. The fraction of sp³-hybridized carbons (Fsp3) is 0.367. The number of anilines is 1. The maximum absolute atomic E-state index is 13.6. The van der Waals surface area contributed by atoms with Crippen LogP contribution in [0.1, 0.15) is 31.2 Å². The minimum absolute atomic E-state index is 0.0892. The molecular formula is C30H35N2O3+. The molecular weight excluding hydrogens is 436 g/mol. The van der Waals surface area contributed by atoms with Gasteiger partial charge in [-0.15, -0.1) is 0 Å². The number of hydrogen-bond donors (Lipinski definition) is 0. The van der Waals surface area contributed by atoms with E-state index in [9.17, 15) is 4.79 Å². The molecule has 0 aromatic heterocycles. The predicted molar refractivity (Wildman–Crippen MR) is 138 cm³/mol. The Morgan fingerprint density at radius 2 is 1.49 bits per heavy atom. The van der Waals surface area contributed by atoms with E-state index >= 15 is 0 Å². The summed E-state index contributed by atoms with van der Waals surface area (Å²) in [7, 11) is 0. The van der Waals surface area contributed by atoms with Crippen molar-refractivity contribution in [1.29, 1.82) is 0 Å². The summed E-state index contributed by atoms with van der Waals surface area (Å²) >= 11 is 0. The molecule has 3 heterocycles. The highest BCUT2D eigenvalue weighted by Gasteiger charge is 2.49. The van der Waals surface area contributed by atoms with Crippen molar-refractivity contribution in [2.45, 2.75) is 38.5 Å². The van der Waals surface area contributed by atoms with Crippen molar-refractivity contribution >= 4 is 11.8 Å². The van der Waals surface area contributed by atoms with E-state index in [0.29, 0.717) is 19.1 Å². The van der Waals surface area contributed by atoms with Crippen LogP contribution in [0.25, 0.3) is 0 Å². The van der Waals surface area contributed by atoms with Gasteiger partial charge in [-0.05, 0) is 35.7 Å². The van der Waals surface area contributed by atoms with E-state index in [1.165, 1.54) is 12.8 Å². The lowest BCUT2D eigenvalue weighted by Gasteiger charge is -2.53. The second-order valence-electron chi connectivity index (χ2n) is 9.83. The highest BCUT2D eigenvalue weighted by Crippen LogP contribution is 2.39. The van der Waals surface area contributed by atoms with Crippen molar-refractivity contribution in [3.8, 4) is 5.75 Å². The number of carbonyl (C=O) groups is 1. The lowest BCUT2D eigenvalue weighted by molar-refractivity contribution is -0.984. The van der Waals surface area contributed by atoms with Crippen LogP contribution in [0, 0.1) is 5.92 Å². The fourth-order valence-electron chi connectivity index (χ4n) is 5.60. The molecule has 6 rings (SSSR count). The Labute approximate surface area is 208 Å². The molecule has 3 aromatic rings. The third-order valence-corrected chi connectivity index (χ3v) is 7.58. The molecule has 1 atom stereocenters. The second-order valence-corrected chi connectivity index (χ2v) is 9.83. The Kier molecular flexibility index (Phi) is 7.34. The number of benzene rings is 3. The van der Waals surface area contributed by atoms with Gasteiger partial charge in [-0.3, -0.25) is 9.38 Å². The first-order valence-electron chi connectivity index (χ1n) is 12.8. The summed E-state index contributed by atoms with van der Waals surface area (Å²) in [6.45, 7) is 4.31. The Morgan fingerprint density at radius 1 is 0.857 bits per heavy atom. The Bertz CT molecular complexity index is 1070. The first-order valence-corrected chi connectivity index (χ1v) is 12.8. The molecule has 2 bridgehead atoms.